The van der Waals surface area contributed by atoms with E-state index in [0.717, 1.165) is 24.2 Å². The van der Waals surface area contributed by atoms with Crippen molar-refractivity contribution in [1.82, 2.24) is 4.98 Å². The molecule has 4 heteroatoms. The van der Waals surface area contributed by atoms with Crippen LogP contribution in [0.2, 0.25) is 0 Å². The number of fused-ring (bicyclic) bond motifs is 1. The number of hydrogen-bond acceptors (Lipinski definition) is 2. The van der Waals surface area contributed by atoms with Crippen LogP contribution in [0.1, 0.15) is 35.2 Å². The van der Waals surface area contributed by atoms with Gasteiger partial charge in [0, 0.05) is 24.1 Å². The van der Waals surface area contributed by atoms with E-state index in [2.05, 4.69) is 39.6 Å². The second kappa shape index (κ2) is 7.27. The molecule has 0 bridgehead atoms. The molecule has 0 saturated carbocycles. The first kappa shape index (κ1) is 15.5. The number of aromatic nitrogens is 1. The zero-order valence-corrected chi connectivity index (χ0v) is 13.7. The van der Waals surface area contributed by atoms with E-state index in [9.17, 15) is 0 Å². The first-order chi connectivity index (χ1) is 11.2. The van der Waals surface area contributed by atoms with Crippen LogP contribution in [0.5, 0.6) is 0 Å². The summed E-state index contributed by atoms with van der Waals surface area (Å²) in [6, 6.07) is 10.5. The number of nitrogens with one attached hydrogen (secondary N) is 1. The van der Waals surface area contributed by atoms with Crippen LogP contribution in [0, 0.1) is 6.92 Å². The summed E-state index contributed by atoms with van der Waals surface area (Å²) >= 11 is 0. The fourth-order valence-electron chi connectivity index (χ4n) is 3.03. The first-order valence-electron chi connectivity index (χ1n) is 8.31. The van der Waals surface area contributed by atoms with Crippen LogP contribution in [-0.4, -0.2) is 17.5 Å². The molecule has 0 unspecified atom stereocenters. The van der Waals surface area contributed by atoms with Gasteiger partial charge in [0.2, 0.25) is 0 Å². The lowest BCUT2D eigenvalue weighted by Crippen LogP contribution is -2.24. The van der Waals surface area contributed by atoms with Gasteiger partial charge in [-0.2, -0.15) is 0 Å². The Morgan fingerprint density at radius 3 is 2.91 bits per heavy atom. The van der Waals surface area contributed by atoms with Gasteiger partial charge in [0.05, 0.1) is 0 Å². The van der Waals surface area contributed by atoms with E-state index in [-0.39, 0.29) is 0 Å². The largest absolute Gasteiger partial charge is 0.370 e. The number of nitrogens with zero attached hydrogens (tertiary/aromatic N) is 2. The van der Waals surface area contributed by atoms with Crippen molar-refractivity contribution in [3.8, 4) is 0 Å². The molecule has 1 heterocycles. The number of aryl methyl sites for hydroxylation is 2. The Labute approximate surface area is 137 Å². The molecule has 0 spiro atoms. The van der Waals surface area contributed by atoms with E-state index in [4.69, 9.17) is 5.73 Å². The minimum absolute atomic E-state index is 0.490. The predicted octanol–water partition coefficient (Wildman–Crippen LogP) is 3.24. The van der Waals surface area contributed by atoms with E-state index in [1.54, 1.807) is 0 Å². The molecule has 120 valence electrons. The normalized spacial score (nSPS) is 14.4. The number of pyridine rings is 1. The topological polar surface area (TPSA) is 63.3 Å². The summed E-state index contributed by atoms with van der Waals surface area (Å²) in [6.45, 7) is 2.66. The lowest BCUT2D eigenvalue weighted by molar-refractivity contribution is 0.687. The van der Waals surface area contributed by atoms with Crippen molar-refractivity contribution in [3.05, 3.63) is 58.9 Å². The van der Waals surface area contributed by atoms with Crippen LogP contribution in [0.15, 0.2) is 41.5 Å². The van der Waals surface area contributed by atoms with Crippen molar-refractivity contribution < 1.29 is 0 Å². The van der Waals surface area contributed by atoms with Gasteiger partial charge in [-0.25, -0.2) is 0 Å². The molecule has 0 fully saturated rings. The van der Waals surface area contributed by atoms with Gasteiger partial charge < -0.3 is 11.1 Å². The highest BCUT2D eigenvalue weighted by atomic mass is 15.1. The number of anilines is 1. The van der Waals surface area contributed by atoms with Crippen LogP contribution >= 0.6 is 0 Å². The van der Waals surface area contributed by atoms with Gasteiger partial charge >= 0.3 is 0 Å². The van der Waals surface area contributed by atoms with E-state index >= 15 is 0 Å². The summed E-state index contributed by atoms with van der Waals surface area (Å²) < 4.78 is 0. The molecular formula is C19H24N4. The predicted molar refractivity (Wildman–Crippen MR) is 95.9 cm³/mol. The molecule has 4 nitrogen and oxygen atoms in total. The Morgan fingerprint density at radius 2 is 2.09 bits per heavy atom. The summed E-state index contributed by atoms with van der Waals surface area (Å²) in [5.41, 5.74) is 12.2. The second-order valence-electron chi connectivity index (χ2n) is 6.10. The number of nitrogens with two attached hydrogens (primary N) is 1. The smallest absolute Gasteiger partial charge is 0.193 e. The van der Waals surface area contributed by atoms with Crippen LogP contribution in [-0.2, 0) is 19.3 Å². The molecule has 0 aliphatic heterocycles. The fraction of sp³-hybridized carbons (Fsp3) is 0.368. The zero-order valence-electron chi connectivity index (χ0n) is 13.7. The van der Waals surface area contributed by atoms with Crippen LogP contribution < -0.4 is 11.1 Å². The third kappa shape index (κ3) is 4.09. The van der Waals surface area contributed by atoms with Gasteiger partial charge in [0.15, 0.2) is 5.96 Å². The molecule has 23 heavy (non-hydrogen) atoms. The Morgan fingerprint density at radius 1 is 1.22 bits per heavy atom. The molecule has 1 aliphatic rings. The summed E-state index contributed by atoms with van der Waals surface area (Å²) in [7, 11) is 0. The number of guanidine groups is 1. The van der Waals surface area contributed by atoms with Crippen molar-refractivity contribution in [3.63, 3.8) is 0 Å². The maximum absolute atomic E-state index is 6.05. The Kier molecular flexibility index (Phi) is 4.91. The summed E-state index contributed by atoms with van der Waals surface area (Å²) in [5, 5.41) is 3.28. The van der Waals surface area contributed by atoms with E-state index < -0.39 is 0 Å². The van der Waals surface area contributed by atoms with Gasteiger partial charge in [-0.05, 0) is 67.9 Å². The minimum Gasteiger partial charge on any atom is -0.370 e. The van der Waals surface area contributed by atoms with Crippen molar-refractivity contribution in [2.75, 3.05) is 11.9 Å². The first-order valence-corrected chi connectivity index (χ1v) is 8.31. The third-order valence-electron chi connectivity index (χ3n) is 4.31. The molecule has 3 N–H and O–H groups in total. The average Bonchev–Trinajstić information content (AvgIpc) is 2.57. The maximum Gasteiger partial charge on any atom is 0.193 e. The van der Waals surface area contributed by atoms with Crippen molar-refractivity contribution in [2.45, 2.75) is 39.0 Å². The lowest BCUT2D eigenvalue weighted by atomic mass is 9.90. The fourth-order valence-corrected chi connectivity index (χ4v) is 3.03. The SMILES string of the molecule is Cc1ccc(CCN=C(N)Nc2cccc3c2CCCC3)cn1. The lowest BCUT2D eigenvalue weighted by Gasteiger charge is -2.19. The van der Waals surface area contributed by atoms with Crippen molar-refractivity contribution in [1.29, 1.82) is 0 Å². The summed E-state index contributed by atoms with van der Waals surface area (Å²) in [5.74, 6) is 0.490. The van der Waals surface area contributed by atoms with Gasteiger partial charge in [0.1, 0.15) is 0 Å². The van der Waals surface area contributed by atoms with Gasteiger partial charge in [0.25, 0.3) is 0 Å². The highest BCUT2D eigenvalue weighted by Gasteiger charge is 2.12. The van der Waals surface area contributed by atoms with E-state index in [1.165, 1.54) is 36.0 Å². The van der Waals surface area contributed by atoms with Crippen molar-refractivity contribution in [2.24, 2.45) is 10.7 Å². The standard InChI is InChI=1S/C19H24N4/c1-14-9-10-15(13-22-14)11-12-21-19(20)23-18-8-4-6-16-5-2-3-7-17(16)18/h4,6,8-10,13H,2-3,5,7,11-12H2,1H3,(H3,20,21,23). The molecule has 0 radical (unpaired) electrons. The third-order valence-corrected chi connectivity index (χ3v) is 4.31. The van der Waals surface area contributed by atoms with Crippen LogP contribution in [0.3, 0.4) is 0 Å². The zero-order chi connectivity index (χ0) is 16.1. The second-order valence-corrected chi connectivity index (χ2v) is 6.10. The molecule has 1 aliphatic carbocycles. The van der Waals surface area contributed by atoms with E-state index in [0.29, 0.717) is 12.5 Å². The Hall–Kier alpha value is -2.36. The van der Waals surface area contributed by atoms with Gasteiger partial charge in [-0.3, -0.25) is 9.98 Å². The molecule has 2 aromatic rings. The average molecular weight is 308 g/mol. The molecular weight excluding hydrogens is 284 g/mol. The maximum atomic E-state index is 6.05. The van der Waals surface area contributed by atoms with Gasteiger partial charge in [-0.15, -0.1) is 0 Å². The van der Waals surface area contributed by atoms with Crippen molar-refractivity contribution >= 4 is 11.6 Å². The molecule has 0 saturated heterocycles. The minimum atomic E-state index is 0.490. The van der Waals surface area contributed by atoms with Crippen LogP contribution in [0.4, 0.5) is 5.69 Å². The molecule has 0 atom stereocenters. The van der Waals surface area contributed by atoms with Crippen LogP contribution in [0.25, 0.3) is 0 Å². The molecule has 3 rings (SSSR count). The quantitative estimate of drug-likeness (QED) is 0.673. The number of hydrogen-bond donors (Lipinski definition) is 2. The Balaban J connectivity index is 1.60. The van der Waals surface area contributed by atoms with Gasteiger partial charge in [-0.1, -0.05) is 18.2 Å². The molecule has 1 aromatic carbocycles. The number of benzene rings is 1. The Bertz CT molecular complexity index is 689. The number of rotatable bonds is 4. The highest BCUT2D eigenvalue weighted by Crippen LogP contribution is 2.27. The summed E-state index contributed by atoms with van der Waals surface area (Å²) in [6.07, 6.45) is 7.58. The molecule has 0 amide bonds. The highest BCUT2D eigenvalue weighted by molar-refractivity contribution is 5.93. The monoisotopic (exact) mass is 308 g/mol. The summed E-state index contributed by atoms with van der Waals surface area (Å²) in [4.78, 5) is 8.74. The van der Waals surface area contributed by atoms with E-state index in [1.807, 2.05) is 19.2 Å². The number of aliphatic imine (C=N–C) groups is 1. The molecule has 1 aromatic heterocycles.